The average molecular weight is 340 g/mol. The molecule has 0 spiro atoms. The number of fused-ring (bicyclic) bond motifs is 1. The SMILES string of the molecule is COc1ccc2[nH]c(CNC(=O)[C@@H](C)n3ccnc3C(C)C)cc2c1. The van der Waals surface area contributed by atoms with E-state index < -0.39 is 0 Å². The van der Waals surface area contributed by atoms with Crippen molar-refractivity contribution in [3.8, 4) is 5.75 Å². The number of aromatic amines is 1. The van der Waals surface area contributed by atoms with Crippen molar-refractivity contribution < 1.29 is 9.53 Å². The molecular weight excluding hydrogens is 316 g/mol. The molecule has 0 aliphatic heterocycles. The van der Waals surface area contributed by atoms with Gasteiger partial charge < -0.3 is 19.6 Å². The zero-order chi connectivity index (χ0) is 18.0. The number of nitrogens with zero attached hydrogens (tertiary/aromatic N) is 2. The Morgan fingerprint density at radius 3 is 2.84 bits per heavy atom. The van der Waals surface area contributed by atoms with Crippen LogP contribution in [0.1, 0.15) is 44.2 Å². The fourth-order valence-electron chi connectivity index (χ4n) is 2.95. The third kappa shape index (κ3) is 3.52. The fraction of sp³-hybridized carbons (Fsp3) is 0.368. The number of benzene rings is 1. The fourth-order valence-corrected chi connectivity index (χ4v) is 2.95. The quantitative estimate of drug-likeness (QED) is 0.722. The van der Waals surface area contributed by atoms with Gasteiger partial charge in [-0.15, -0.1) is 0 Å². The maximum atomic E-state index is 12.5. The summed E-state index contributed by atoms with van der Waals surface area (Å²) in [7, 11) is 1.65. The van der Waals surface area contributed by atoms with Gasteiger partial charge in [-0.05, 0) is 31.2 Å². The molecule has 0 aliphatic rings. The summed E-state index contributed by atoms with van der Waals surface area (Å²) in [6.45, 7) is 6.48. The van der Waals surface area contributed by atoms with Crippen LogP contribution in [-0.4, -0.2) is 27.6 Å². The van der Waals surface area contributed by atoms with Crippen LogP contribution in [0.25, 0.3) is 10.9 Å². The van der Waals surface area contributed by atoms with E-state index >= 15 is 0 Å². The van der Waals surface area contributed by atoms with E-state index in [1.807, 2.05) is 42.0 Å². The number of methoxy groups -OCH3 is 1. The van der Waals surface area contributed by atoms with Crippen molar-refractivity contribution in [1.82, 2.24) is 19.9 Å². The van der Waals surface area contributed by atoms with Gasteiger partial charge >= 0.3 is 0 Å². The van der Waals surface area contributed by atoms with E-state index in [2.05, 4.69) is 29.1 Å². The molecule has 1 atom stereocenters. The first-order chi connectivity index (χ1) is 12.0. The number of imidazole rings is 1. The summed E-state index contributed by atoms with van der Waals surface area (Å²) in [6, 6.07) is 7.59. The van der Waals surface area contributed by atoms with Crippen LogP contribution in [-0.2, 0) is 11.3 Å². The number of hydrogen-bond donors (Lipinski definition) is 2. The maximum absolute atomic E-state index is 12.5. The van der Waals surface area contributed by atoms with Gasteiger partial charge in [-0.1, -0.05) is 13.8 Å². The van der Waals surface area contributed by atoms with Crippen LogP contribution in [0.2, 0.25) is 0 Å². The molecule has 0 saturated carbocycles. The second-order valence-corrected chi connectivity index (χ2v) is 6.49. The van der Waals surface area contributed by atoms with Crippen LogP contribution in [0.5, 0.6) is 5.75 Å². The predicted octanol–water partition coefficient (Wildman–Crippen LogP) is 3.37. The first-order valence-corrected chi connectivity index (χ1v) is 8.45. The first-order valence-electron chi connectivity index (χ1n) is 8.45. The van der Waals surface area contributed by atoms with Crippen molar-refractivity contribution in [1.29, 1.82) is 0 Å². The smallest absolute Gasteiger partial charge is 0.243 e. The minimum absolute atomic E-state index is 0.0314. The molecule has 6 nitrogen and oxygen atoms in total. The Balaban J connectivity index is 1.68. The minimum atomic E-state index is -0.302. The largest absolute Gasteiger partial charge is 0.497 e. The highest BCUT2D eigenvalue weighted by atomic mass is 16.5. The number of nitrogens with one attached hydrogen (secondary N) is 2. The Morgan fingerprint density at radius 1 is 1.32 bits per heavy atom. The Kier molecular flexibility index (Phi) is 4.79. The molecule has 2 heterocycles. The van der Waals surface area contributed by atoms with Crippen molar-refractivity contribution in [2.24, 2.45) is 0 Å². The highest BCUT2D eigenvalue weighted by molar-refractivity contribution is 5.83. The molecule has 2 aromatic heterocycles. The Labute approximate surface area is 147 Å². The third-order valence-electron chi connectivity index (χ3n) is 4.35. The molecule has 3 aromatic rings. The van der Waals surface area contributed by atoms with Crippen LogP contribution in [0.3, 0.4) is 0 Å². The van der Waals surface area contributed by atoms with Gasteiger partial charge in [0.05, 0.1) is 13.7 Å². The molecule has 0 saturated heterocycles. The second-order valence-electron chi connectivity index (χ2n) is 6.49. The summed E-state index contributed by atoms with van der Waals surface area (Å²) in [5.41, 5.74) is 1.98. The highest BCUT2D eigenvalue weighted by Gasteiger charge is 2.19. The number of rotatable bonds is 6. The Hall–Kier alpha value is -2.76. The lowest BCUT2D eigenvalue weighted by Gasteiger charge is -2.17. The van der Waals surface area contributed by atoms with E-state index in [0.29, 0.717) is 6.54 Å². The molecule has 6 heteroatoms. The number of ether oxygens (including phenoxy) is 1. The van der Waals surface area contributed by atoms with Gasteiger partial charge in [0, 0.05) is 34.9 Å². The van der Waals surface area contributed by atoms with Crippen LogP contribution in [0.4, 0.5) is 0 Å². The van der Waals surface area contributed by atoms with Crippen molar-refractivity contribution in [2.45, 2.75) is 39.3 Å². The van der Waals surface area contributed by atoms with Crippen LogP contribution >= 0.6 is 0 Å². The molecule has 1 aromatic carbocycles. The highest BCUT2D eigenvalue weighted by Crippen LogP contribution is 2.22. The zero-order valence-corrected chi connectivity index (χ0v) is 15.0. The van der Waals surface area contributed by atoms with Gasteiger partial charge in [0.25, 0.3) is 0 Å². The summed E-state index contributed by atoms with van der Waals surface area (Å²) in [4.78, 5) is 20.2. The lowest BCUT2D eigenvalue weighted by Crippen LogP contribution is -2.31. The lowest BCUT2D eigenvalue weighted by atomic mass is 10.2. The van der Waals surface area contributed by atoms with Gasteiger partial charge in [0.1, 0.15) is 17.6 Å². The van der Waals surface area contributed by atoms with Gasteiger partial charge in [-0.3, -0.25) is 4.79 Å². The summed E-state index contributed by atoms with van der Waals surface area (Å²) >= 11 is 0. The predicted molar refractivity (Wildman–Crippen MR) is 97.7 cm³/mol. The van der Waals surface area contributed by atoms with E-state index in [1.54, 1.807) is 13.3 Å². The van der Waals surface area contributed by atoms with Crippen LogP contribution in [0, 0.1) is 0 Å². The lowest BCUT2D eigenvalue weighted by molar-refractivity contribution is -0.124. The molecule has 0 aliphatic carbocycles. The normalized spacial score (nSPS) is 12.5. The number of hydrogen-bond acceptors (Lipinski definition) is 3. The van der Waals surface area contributed by atoms with E-state index in [0.717, 1.165) is 28.2 Å². The van der Waals surface area contributed by atoms with E-state index in [9.17, 15) is 4.79 Å². The van der Waals surface area contributed by atoms with E-state index in [-0.39, 0.29) is 17.9 Å². The molecule has 0 fully saturated rings. The van der Waals surface area contributed by atoms with E-state index in [4.69, 9.17) is 4.74 Å². The Bertz CT molecular complexity index is 879. The van der Waals surface area contributed by atoms with Gasteiger partial charge in [0.15, 0.2) is 0 Å². The van der Waals surface area contributed by atoms with Crippen molar-refractivity contribution in [3.63, 3.8) is 0 Å². The maximum Gasteiger partial charge on any atom is 0.243 e. The molecule has 3 rings (SSSR count). The van der Waals surface area contributed by atoms with Crippen LogP contribution in [0.15, 0.2) is 36.7 Å². The molecular formula is C19H24N4O2. The zero-order valence-electron chi connectivity index (χ0n) is 15.0. The average Bonchev–Trinajstić information content (AvgIpc) is 3.24. The number of carbonyl (C=O) groups is 1. The summed E-state index contributed by atoms with van der Waals surface area (Å²) in [6.07, 6.45) is 3.60. The standard InChI is InChI=1S/C19H24N4O2/c1-12(2)18-20-7-8-23(18)13(3)19(24)21-11-15-9-14-10-16(25-4)5-6-17(14)22-15/h5-10,12-13,22H,11H2,1-4H3,(H,21,24)/t13-/m1/s1. The topological polar surface area (TPSA) is 71.9 Å². The second kappa shape index (κ2) is 7.01. The van der Waals surface area contributed by atoms with Gasteiger partial charge in [0.2, 0.25) is 5.91 Å². The number of aromatic nitrogens is 3. The van der Waals surface area contributed by atoms with Crippen molar-refractivity contribution >= 4 is 16.8 Å². The van der Waals surface area contributed by atoms with Crippen LogP contribution < -0.4 is 10.1 Å². The first kappa shape index (κ1) is 17.1. The third-order valence-corrected chi connectivity index (χ3v) is 4.35. The molecule has 0 radical (unpaired) electrons. The summed E-state index contributed by atoms with van der Waals surface area (Å²) < 4.78 is 7.17. The molecule has 0 bridgehead atoms. The molecule has 0 unspecified atom stereocenters. The molecule has 2 N–H and O–H groups in total. The van der Waals surface area contributed by atoms with Gasteiger partial charge in [-0.2, -0.15) is 0 Å². The number of carbonyl (C=O) groups excluding carboxylic acids is 1. The molecule has 1 amide bonds. The Morgan fingerprint density at radius 2 is 2.12 bits per heavy atom. The number of amides is 1. The summed E-state index contributed by atoms with van der Waals surface area (Å²) in [5.74, 6) is 1.97. The van der Waals surface area contributed by atoms with Gasteiger partial charge in [-0.25, -0.2) is 4.98 Å². The van der Waals surface area contributed by atoms with Crippen molar-refractivity contribution in [3.05, 3.63) is 48.2 Å². The minimum Gasteiger partial charge on any atom is -0.497 e. The number of H-pyrrole nitrogens is 1. The van der Waals surface area contributed by atoms with E-state index in [1.165, 1.54) is 0 Å². The monoisotopic (exact) mass is 340 g/mol. The van der Waals surface area contributed by atoms with Crippen molar-refractivity contribution in [2.75, 3.05) is 7.11 Å². The molecule has 25 heavy (non-hydrogen) atoms. The summed E-state index contributed by atoms with van der Waals surface area (Å²) in [5, 5.41) is 4.06. The molecule has 132 valence electrons.